The number of hydrogen-bond donors (Lipinski definition) is 1. The minimum absolute atomic E-state index is 0.100. The van der Waals surface area contributed by atoms with Gasteiger partial charge in [0.2, 0.25) is 10.0 Å². The summed E-state index contributed by atoms with van der Waals surface area (Å²) in [7, 11) is 1.99. The van der Waals surface area contributed by atoms with Crippen LogP contribution in [0.25, 0.3) is 33.5 Å². The molecule has 6 rings (SSSR count). The normalized spacial score (nSPS) is 15.7. The monoisotopic (exact) mass is 591 g/mol. The summed E-state index contributed by atoms with van der Waals surface area (Å²) in [6.45, 7) is 1.00. The SMILES string of the molecule is COc1cc(CNS(C)(=O)=O)ccc1-n1nc(N2C[C@H](CN(C)C)OC2=O)c2cnc(-c3cnn4cccnc34)cc21. The highest BCUT2D eigenvalue weighted by Crippen LogP contribution is 2.36. The van der Waals surface area contributed by atoms with Crippen LogP contribution in [0.5, 0.6) is 5.75 Å². The van der Waals surface area contributed by atoms with Crippen LogP contribution in [0.2, 0.25) is 0 Å². The molecule has 1 aromatic carbocycles. The number of carbonyl (C=O) groups excluding carboxylic acids is 1. The van der Waals surface area contributed by atoms with Gasteiger partial charge >= 0.3 is 6.09 Å². The Bertz CT molecular complexity index is 1920. The lowest BCUT2D eigenvalue weighted by Gasteiger charge is -2.14. The Labute approximate surface area is 241 Å². The van der Waals surface area contributed by atoms with Crippen molar-refractivity contribution in [2.24, 2.45) is 0 Å². The first-order chi connectivity index (χ1) is 20.1. The van der Waals surface area contributed by atoms with E-state index in [-0.39, 0.29) is 12.6 Å². The summed E-state index contributed by atoms with van der Waals surface area (Å²) in [6, 6.07) is 8.99. The number of ether oxygens (including phenoxy) is 2. The molecule has 1 amide bonds. The number of fused-ring (bicyclic) bond motifs is 2. The molecule has 0 bridgehead atoms. The molecule has 1 atom stereocenters. The summed E-state index contributed by atoms with van der Waals surface area (Å²) >= 11 is 0. The molecule has 4 aromatic heterocycles. The summed E-state index contributed by atoms with van der Waals surface area (Å²) < 4.78 is 40.4. The van der Waals surface area contributed by atoms with Crippen molar-refractivity contribution in [3.63, 3.8) is 0 Å². The Kier molecular flexibility index (Phi) is 7.00. The van der Waals surface area contributed by atoms with Gasteiger partial charge in [-0.3, -0.25) is 9.88 Å². The highest BCUT2D eigenvalue weighted by Gasteiger charge is 2.36. The van der Waals surface area contributed by atoms with E-state index < -0.39 is 16.1 Å². The Morgan fingerprint density at radius 1 is 1.19 bits per heavy atom. The number of sulfonamides is 1. The van der Waals surface area contributed by atoms with Gasteiger partial charge in [0, 0.05) is 31.7 Å². The van der Waals surface area contributed by atoms with Crippen LogP contribution in [0.15, 0.2) is 55.1 Å². The van der Waals surface area contributed by atoms with Gasteiger partial charge in [-0.05, 0) is 43.9 Å². The molecule has 1 fully saturated rings. The van der Waals surface area contributed by atoms with Crippen molar-refractivity contribution in [3.05, 3.63) is 60.7 Å². The second-order valence-corrected chi connectivity index (χ2v) is 12.1. The molecule has 0 spiro atoms. The quantitative estimate of drug-likeness (QED) is 0.270. The average molecular weight is 592 g/mol. The lowest BCUT2D eigenvalue weighted by molar-refractivity contribution is 0.123. The fraction of sp³-hybridized carbons (Fsp3) is 0.296. The minimum atomic E-state index is -3.38. The second-order valence-electron chi connectivity index (χ2n) is 10.2. The number of anilines is 1. The third-order valence-corrected chi connectivity index (χ3v) is 7.48. The Morgan fingerprint density at radius 2 is 2.02 bits per heavy atom. The fourth-order valence-corrected chi connectivity index (χ4v) is 5.38. The maximum atomic E-state index is 13.0. The van der Waals surface area contributed by atoms with E-state index in [1.807, 2.05) is 25.1 Å². The lowest BCUT2D eigenvalue weighted by atomic mass is 10.1. The predicted molar refractivity (Wildman–Crippen MR) is 155 cm³/mol. The summed E-state index contributed by atoms with van der Waals surface area (Å²) in [5.74, 6) is 0.863. The Morgan fingerprint density at radius 3 is 2.79 bits per heavy atom. The van der Waals surface area contributed by atoms with Gasteiger partial charge in [0.1, 0.15) is 17.5 Å². The molecule has 0 aliphatic carbocycles. The summed E-state index contributed by atoms with van der Waals surface area (Å²) in [4.78, 5) is 25.6. The number of aromatic nitrogens is 6. The van der Waals surface area contributed by atoms with Gasteiger partial charge in [0.25, 0.3) is 0 Å². The van der Waals surface area contributed by atoms with Crippen molar-refractivity contribution < 1.29 is 22.7 Å². The molecule has 5 heterocycles. The topological polar surface area (TPSA) is 149 Å². The number of likely N-dealkylation sites (N-methyl/N-ethyl adjacent to an activating group) is 1. The predicted octanol–water partition coefficient (Wildman–Crippen LogP) is 2.07. The third-order valence-electron chi connectivity index (χ3n) is 6.81. The minimum Gasteiger partial charge on any atom is -0.494 e. The molecule has 0 radical (unpaired) electrons. The van der Waals surface area contributed by atoms with Crippen molar-refractivity contribution in [2.45, 2.75) is 12.6 Å². The van der Waals surface area contributed by atoms with Crippen molar-refractivity contribution in [3.8, 4) is 22.7 Å². The van der Waals surface area contributed by atoms with E-state index in [1.54, 1.807) is 58.3 Å². The number of pyridine rings is 1. The maximum Gasteiger partial charge on any atom is 0.416 e. The highest BCUT2D eigenvalue weighted by atomic mass is 32.2. The van der Waals surface area contributed by atoms with Crippen LogP contribution in [0.4, 0.5) is 10.6 Å². The molecule has 0 saturated carbocycles. The van der Waals surface area contributed by atoms with Gasteiger partial charge in [-0.25, -0.2) is 32.1 Å². The van der Waals surface area contributed by atoms with Crippen molar-refractivity contribution in [1.82, 2.24) is 39.0 Å². The first kappa shape index (κ1) is 27.6. The Hall–Kier alpha value is -4.60. The smallest absolute Gasteiger partial charge is 0.416 e. The van der Waals surface area contributed by atoms with Crippen molar-refractivity contribution >= 4 is 38.5 Å². The number of methoxy groups -OCH3 is 1. The molecule has 1 aliphatic heterocycles. The third kappa shape index (κ3) is 5.24. The number of rotatable bonds is 9. The van der Waals surface area contributed by atoms with E-state index in [0.29, 0.717) is 58.2 Å². The van der Waals surface area contributed by atoms with Crippen LogP contribution >= 0.6 is 0 Å². The summed E-state index contributed by atoms with van der Waals surface area (Å²) in [5.41, 5.74) is 3.94. The molecule has 1 aliphatic rings. The van der Waals surface area contributed by atoms with Gasteiger partial charge in [0.05, 0.1) is 48.3 Å². The van der Waals surface area contributed by atoms with E-state index in [1.165, 1.54) is 12.0 Å². The van der Waals surface area contributed by atoms with E-state index in [2.05, 4.69) is 14.8 Å². The van der Waals surface area contributed by atoms with E-state index in [9.17, 15) is 13.2 Å². The van der Waals surface area contributed by atoms with Crippen molar-refractivity contribution in [1.29, 1.82) is 0 Å². The zero-order valence-electron chi connectivity index (χ0n) is 23.4. The Balaban J connectivity index is 1.49. The van der Waals surface area contributed by atoms with Gasteiger partial charge in [0.15, 0.2) is 11.5 Å². The molecule has 1 saturated heterocycles. The maximum absolute atomic E-state index is 13.0. The first-order valence-electron chi connectivity index (χ1n) is 13.0. The molecular formula is C27H29N9O5S. The number of cyclic esters (lactones) is 1. The summed E-state index contributed by atoms with van der Waals surface area (Å²) in [6.07, 6.45) is 7.18. The number of carbonyl (C=O) groups is 1. The molecule has 5 aromatic rings. The number of nitrogens with one attached hydrogen (secondary N) is 1. The highest BCUT2D eigenvalue weighted by molar-refractivity contribution is 7.88. The fourth-order valence-electron chi connectivity index (χ4n) is 4.95. The number of benzene rings is 1. The van der Waals surface area contributed by atoms with Gasteiger partial charge in [-0.15, -0.1) is 5.10 Å². The summed E-state index contributed by atoms with van der Waals surface area (Å²) in [5, 5.41) is 9.90. The number of amides is 1. The molecule has 14 nitrogen and oxygen atoms in total. The van der Waals surface area contributed by atoms with Crippen LogP contribution < -0.4 is 14.4 Å². The largest absolute Gasteiger partial charge is 0.494 e. The van der Waals surface area contributed by atoms with Crippen LogP contribution in [-0.4, -0.2) is 95.4 Å². The van der Waals surface area contributed by atoms with Crippen LogP contribution in [0.1, 0.15) is 5.56 Å². The van der Waals surface area contributed by atoms with E-state index in [0.717, 1.165) is 11.8 Å². The number of hydrogen-bond acceptors (Lipinski definition) is 10. The second kappa shape index (κ2) is 10.7. The van der Waals surface area contributed by atoms with Crippen LogP contribution in [0, 0.1) is 0 Å². The zero-order valence-corrected chi connectivity index (χ0v) is 24.2. The first-order valence-corrected chi connectivity index (χ1v) is 14.9. The van der Waals surface area contributed by atoms with Gasteiger partial charge in [-0.1, -0.05) is 6.07 Å². The van der Waals surface area contributed by atoms with Gasteiger partial charge < -0.3 is 14.4 Å². The molecule has 1 N–H and O–H groups in total. The van der Waals surface area contributed by atoms with Crippen molar-refractivity contribution in [2.75, 3.05) is 45.5 Å². The molecule has 15 heteroatoms. The number of nitrogens with zero attached hydrogens (tertiary/aromatic N) is 8. The van der Waals surface area contributed by atoms with Crippen LogP contribution in [0.3, 0.4) is 0 Å². The molecule has 218 valence electrons. The average Bonchev–Trinajstić information content (AvgIpc) is 3.65. The lowest BCUT2D eigenvalue weighted by Crippen LogP contribution is -2.30. The molecular weight excluding hydrogens is 562 g/mol. The molecule has 42 heavy (non-hydrogen) atoms. The van der Waals surface area contributed by atoms with Crippen LogP contribution in [-0.2, 0) is 21.3 Å². The standard InChI is InChI=1S/C27H29N9O5S/c1-33(2)15-18-16-34(27(37)41-18)26-20-13-29-21(19-14-30-35-9-5-8-28-25(19)35)11-23(20)36(32-26)22-7-6-17(10-24(22)40-3)12-31-42(4,38)39/h5-11,13-14,18,31H,12,15-16H2,1-4H3/t18-/m0/s1. The van der Waals surface area contributed by atoms with Gasteiger partial charge in [-0.2, -0.15) is 5.10 Å². The van der Waals surface area contributed by atoms with E-state index >= 15 is 0 Å². The van der Waals surface area contributed by atoms with E-state index in [4.69, 9.17) is 19.6 Å². The zero-order chi connectivity index (χ0) is 29.6. The molecule has 0 unspecified atom stereocenters.